The van der Waals surface area contributed by atoms with Gasteiger partial charge in [0.2, 0.25) is 0 Å². The van der Waals surface area contributed by atoms with E-state index in [1.54, 1.807) is 11.3 Å². The third-order valence-corrected chi connectivity index (χ3v) is 4.04. The number of urea groups is 1. The first-order valence-electron chi connectivity index (χ1n) is 6.30. The molecule has 0 fully saturated rings. The lowest BCUT2D eigenvalue weighted by Crippen LogP contribution is -2.30. The van der Waals surface area contributed by atoms with Gasteiger partial charge in [-0.1, -0.05) is 17.7 Å². The molecule has 0 bridgehead atoms. The Morgan fingerprint density at radius 3 is 2.68 bits per heavy atom. The summed E-state index contributed by atoms with van der Waals surface area (Å²) in [5.41, 5.74) is -0.948. The van der Waals surface area contributed by atoms with E-state index in [4.69, 9.17) is 11.6 Å². The largest absolute Gasteiger partial charge is 0.416 e. The minimum atomic E-state index is -4.49. The van der Waals surface area contributed by atoms with Crippen molar-refractivity contribution in [3.63, 3.8) is 0 Å². The number of hydrogen-bond acceptors (Lipinski definition) is 2. The van der Waals surface area contributed by atoms with Crippen molar-refractivity contribution < 1.29 is 18.0 Å². The molecule has 1 aromatic heterocycles. The number of amides is 2. The normalized spacial score (nSPS) is 11.3. The number of nitrogens with one attached hydrogen (secondary N) is 2. The van der Waals surface area contributed by atoms with Gasteiger partial charge < -0.3 is 10.6 Å². The Labute approximate surface area is 134 Å². The van der Waals surface area contributed by atoms with Gasteiger partial charge in [0, 0.05) is 11.4 Å². The number of hydrogen-bond donors (Lipinski definition) is 2. The van der Waals surface area contributed by atoms with Gasteiger partial charge in [0.05, 0.1) is 16.3 Å². The van der Waals surface area contributed by atoms with Gasteiger partial charge in [0.15, 0.2) is 0 Å². The summed E-state index contributed by atoms with van der Waals surface area (Å²) in [5, 5.41) is 6.87. The summed E-state index contributed by atoms with van der Waals surface area (Å²) in [6, 6.07) is 6.02. The molecule has 2 N–H and O–H groups in total. The molecule has 0 aliphatic heterocycles. The molecule has 0 saturated heterocycles. The van der Waals surface area contributed by atoms with Crippen LogP contribution in [0.3, 0.4) is 0 Å². The standard InChI is InChI=1S/C14H12ClF3N2OS/c15-11-4-3-9(14(16,17)18)8-12(11)20-13(21)19-6-5-10-2-1-7-22-10/h1-4,7-8H,5-6H2,(H2,19,20,21). The van der Waals surface area contributed by atoms with Crippen molar-refractivity contribution in [2.24, 2.45) is 0 Å². The fraction of sp³-hybridized carbons (Fsp3) is 0.214. The zero-order chi connectivity index (χ0) is 16.2. The van der Waals surface area contributed by atoms with E-state index in [0.29, 0.717) is 13.0 Å². The molecule has 0 aliphatic carbocycles. The number of benzene rings is 1. The van der Waals surface area contributed by atoms with Gasteiger partial charge in [-0.2, -0.15) is 13.2 Å². The summed E-state index contributed by atoms with van der Waals surface area (Å²) in [6.07, 6.45) is -3.84. The van der Waals surface area contributed by atoms with E-state index >= 15 is 0 Å². The summed E-state index contributed by atoms with van der Waals surface area (Å²) < 4.78 is 37.9. The number of halogens is 4. The molecule has 1 heterocycles. The smallest absolute Gasteiger partial charge is 0.338 e. The SMILES string of the molecule is O=C(NCCc1cccs1)Nc1cc(C(F)(F)F)ccc1Cl. The topological polar surface area (TPSA) is 41.1 Å². The molecule has 0 spiro atoms. The lowest BCUT2D eigenvalue weighted by atomic mass is 10.2. The molecule has 3 nitrogen and oxygen atoms in total. The van der Waals surface area contributed by atoms with Crippen LogP contribution in [0, 0.1) is 0 Å². The van der Waals surface area contributed by atoms with Crippen LogP contribution in [-0.4, -0.2) is 12.6 Å². The van der Waals surface area contributed by atoms with Crippen LogP contribution in [0.4, 0.5) is 23.7 Å². The van der Waals surface area contributed by atoms with Crippen molar-refractivity contribution in [2.45, 2.75) is 12.6 Å². The Kier molecular flexibility index (Phi) is 5.31. The molecule has 0 radical (unpaired) electrons. The highest BCUT2D eigenvalue weighted by atomic mass is 35.5. The highest BCUT2D eigenvalue weighted by Crippen LogP contribution is 2.33. The Morgan fingerprint density at radius 1 is 1.27 bits per heavy atom. The van der Waals surface area contributed by atoms with Crippen molar-refractivity contribution in [1.82, 2.24) is 5.32 Å². The summed E-state index contributed by atoms with van der Waals surface area (Å²) in [5.74, 6) is 0. The lowest BCUT2D eigenvalue weighted by molar-refractivity contribution is -0.137. The highest BCUT2D eigenvalue weighted by molar-refractivity contribution is 7.09. The van der Waals surface area contributed by atoms with Crippen molar-refractivity contribution in [3.8, 4) is 0 Å². The van der Waals surface area contributed by atoms with Crippen LogP contribution in [-0.2, 0) is 12.6 Å². The van der Waals surface area contributed by atoms with Crippen molar-refractivity contribution in [1.29, 1.82) is 0 Å². The van der Waals surface area contributed by atoms with Gasteiger partial charge in [-0.3, -0.25) is 0 Å². The van der Waals surface area contributed by atoms with Crippen LogP contribution in [0.2, 0.25) is 5.02 Å². The molecule has 2 amide bonds. The van der Waals surface area contributed by atoms with Gasteiger partial charge >= 0.3 is 12.2 Å². The van der Waals surface area contributed by atoms with Crippen LogP contribution < -0.4 is 10.6 Å². The molecule has 22 heavy (non-hydrogen) atoms. The highest BCUT2D eigenvalue weighted by Gasteiger charge is 2.31. The van der Waals surface area contributed by atoms with E-state index < -0.39 is 17.8 Å². The molecule has 8 heteroatoms. The maximum Gasteiger partial charge on any atom is 0.416 e. The molecule has 0 unspecified atom stereocenters. The van der Waals surface area contributed by atoms with Gasteiger partial charge in [0.25, 0.3) is 0 Å². The van der Waals surface area contributed by atoms with Crippen LogP contribution in [0.25, 0.3) is 0 Å². The Balaban J connectivity index is 1.93. The average Bonchev–Trinajstić information content (AvgIpc) is 2.93. The molecule has 118 valence electrons. The van der Waals surface area contributed by atoms with E-state index in [1.807, 2.05) is 17.5 Å². The zero-order valence-electron chi connectivity index (χ0n) is 11.2. The first-order chi connectivity index (χ1) is 10.4. The summed E-state index contributed by atoms with van der Waals surface area (Å²) in [4.78, 5) is 12.8. The molecule has 2 aromatic rings. The lowest BCUT2D eigenvalue weighted by Gasteiger charge is -2.12. The van der Waals surface area contributed by atoms with Crippen LogP contribution in [0.15, 0.2) is 35.7 Å². The van der Waals surface area contributed by atoms with Crippen molar-refractivity contribution in [2.75, 3.05) is 11.9 Å². The molecular weight excluding hydrogens is 337 g/mol. The monoisotopic (exact) mass is 348 g/mol. The number of alkyl halides is 3. The Hall–Kier alpha value is -1.73. The van der Waals surface area contributed by atoms with Crippen LogP contribution >= 0.6 is 22.9 Å². The van der Waals surface area contributed by atoms with E-state index in [0.717, 1.165) is 23.1 Å². The number of anilines is 1. The first-order valence-corrected chi connectivity index (χ1v) is 7.56. The number of carbonyl (C=O) groups is 1. The van der Waals surface area contributed by atoms with E-state index in [9.17, 15) is 18.0 Å². The second-order valence-electron chi connectivity index (χ2n) is 4.40. The Bertz CT molecular complexity index is 644. The summed E-state index contributed by atoms with van der Waals surface area (Å²) in [7, 11) is 0. The minimum absolute atomic E-state index is 0.0430. The van der Waals surface area contributed by atoms with Gasteiger partial charge in [-0.15, -0.1) is 11.3 Å². The second-order valence-corrected chi connectivity index (χ2v) is 5.84. The second kappa shape index (κ2) is 7.02. The predicted molar refractivity (Wildman–Crippen MR) is 81.5 cm³/mol. The predicted octanol–water partition coefficient (Wildman–Crippen LogP) is 4.78. The molecule has 2 rings (SSSR count). The summed E-state index contributed by atoms with van der Waals surface area (Å²) in [6.45, 7) is 0.378. The fourth-order valence-corrected chi connectivity index (χ4v) is 2.59. The number of carbonyl (C=O) groups excluding carboxylic acids is 1. The van der Waals surface area contributed by atoms with Crippen LogP contribution in [0.1, 0.15) is 10.4 Å². The third kappa shape index (κ3) is 4.64. The maximum absolute atomic E-state index is 12.6. The number of rotatable bonds is 4. The van der Waals surface area contributed by atoms with E-state index in [-0.39, 0.29) is 10.7 Å². The molecule has 0 atom stereocenters. The van der Waals surface area contributed by atoms with Gasteiger partial charge in [0.1, 0.15) is 0 Å². The van der Waals surface area contributed by atoms with Gasteiger partial charge in [-0.05, 0) is 36.1 Å². The molecule has 0 aliphatic rings. The molecule has 1 aromatic carbocycles. The maximum atomic E-state index is 12.6. The average molecular weight is 349 g/mol. The quantitative estimate of drug-likeness (QED) is 0.820. The van der Waals surface area contributed by atoms with E-state index in [2.05, 4.69) is 10.6 Å². The Morgan fingerprint density at radius 2 is 2.05 bits per heavy atom. The first kappa shape index (κ1) is 16.6. The van der Waals surface area contributed by atoms with Crippen molar-refractivity contribution in [3.05, 3.63) is 51.2 Å². The molecule has 0 saturated carbocycles. The molecular formula is C14H12ClF3N2OS. The summed E-state index contributed by atoms with van der Waals surface area (Å²) >= 11 is 7.37. The van der Waals surface area contributed by atoms with Crippen molar-refractivity contribution >= 4 is 34.7 Å². The van der Waals surface area contributed by atoms with Crippen LogP contribution in [0.5, 0.6) is 0 Å². The van der Waals surface area contributed by atoms with E-state index in [1.165, 1.54) is 0 Å². The number of thiophene rings is 1. The third-order valence-electron chi connectivity index (χ3n) is 2.78. The van der Waals surface area contributed by atoms with Gasteiger partial charge in [-0.25, -0.2) is 4.79 Å². The zero-order valence-corrected chi connectivity index (χ0v) is 12.8. The minimum Gasteiger partial charge on any atom is -0.338 e. The fourth-order valence-electron chi connectivity index (χ4n) is 1.72.